The van der Waals surface area contributed by atoms with Crippen molar-refractivity contribution >= 4 is 5.91 Å². The molecule has 2 saturated carbocycles. The summed E-state index contributed by atoms with van der Waals surface area (Å²) in [6.07, 6.45) is -0.0711. The van der Waals surface area contributed by atoms with E-state index in [0.29, 0.717) is 25.3 Å². The number of likely N-dealkylation sites (tertiary alicyclic amines) is 1. The molecule has 3 fully saturated rings. The molecule has 1 spiro atoms. The van der Waals surface area contributed by atoms with E-state index in [1.807, 2.05) is 4.90 Å². The first kappa shape index (κ1) is 16.9. The zero-order valence-electron chi connectivity index (χ0n) is 14.1. The first-order valence-electron chi connectivity index (χ1n) is 8.67. The number of amides is 1. The Labute approximate surface area is 143 Å². The molecule has 0 unspecified atom stereocenters. The zero-order chi connectivity index (χ0) is 18.0. The van der Waals surface area contributed by atoms with Crippen LogP contribution in [0.2, 0.25) is 0 Å². The third kappa shape index (κ3) is 3.05. The van der Waals surface area contributed by atoms with E-state index < -0.39 is 17.5 Å². The Bertz CT molecular complexity index is 676. The van der Waals surface area contributed by atoms with Crippen molar-refractivity contribution in [1.82, 2.24) is 14.7 Å². The third-order valence-electron chi connectivity index (χ3n) is 5.91. The number of hydrogen-bond acceptors (Lipinski definition) is 3. The van der Waals surface area contributed by atoms with Crippen molar-refractivity contribution in [2.75, 3.05) is 13.1 Å². The van der Waals surface area contributed by atoms with E-state index in [4.69, 9.17) is 0 Å². The lowest BCUT2D eigenvalue weighted by molar-refractivity contribution is -0.171. The van der Waals surface area contributed by atoms with Crippen LogP contribution in [0.1, 0.15) is 38.3 Å². The summed E-state index contributed by atoms with van der Waals surface area (Å²) in [7, 11) is 0. The van der Waals surface area contributed by atoms with Crippen LogP contribution in [0, 0.1) is 17.3 Å². The van der Waals surface area contributed by atoms with Crippen molar-refractivity contribution in [3.63, 3.8) is 0 Å². The molecular weight excluding hydrogens is 335 g/mol. The summed E-state index contributed by atoms with van der Waals surface area (Å²) in [5.41, 5.74) is -1.38. The van der Waals surface area contributed by atoms with Crippen molar-refractivity contribution in [1.29, 1.82) is 0 Å². The SMILES string of the molecule is C[C@]1(O)C[C@@H](C(=O)N2CC3(CC(Cn4ccc(C(F)(F)F)n4)C3)C2)C1. The van der Waals surface area contributed by atoms with Gasteiger partial charge in [-0.2, -0.15) is 18.3 Å². The predicted molar refractivity (Wildman–Crippen MR) is 82.3 cm³/mol. The lowest BCUT2D eigenvalue weighted by Gasteiger charge is -2.60. The van der Waals surface area contributed by atoms with Crippen molar-refractivity contribution in [3.05, 3.63) is 18.0 Å². The summed E-state index contributed by atoms with van der Waals surface area (Å²) in [6, 6.07) is 1.01. The molecule has 1 aromatic heterocycles. The molecule has 1 aromatic rings. The van der Waals surface area contributed by atoms with Crippen LogP contribution in [0.15, 0.2) is 12.3 Å². The molecule has 138 valence electrons. The van der Waals surface area contributed by atoms with Gasteiger partial charge in [0.2, 0.25) is 5.91 Å². The van der Waals surface area contributed by atoms with E-state index in [1.165, 1.54) is 10.9 Å². The third-order valence-corrected chi connectivity index (χ3v) is 5.91. The number of aromatic nitrogens is 2. The first-order valence-corrected chi connectivity index (χ1v) is 8.67. The number of hydrogen-bond donors (Lipinski definition) is 1. The maximum atomic E-state index is 12.6. The van der Waals surface area contributed by atoms with Crippen LogP contribution in [0.3, 0.4) is 0 Å². The van der Waals surface area contributed by atoms with Gasteiger partial charge in [0.1, 0.15) is 0 Å². The highest BCUT2D eigenvalue weighted by Crippen LogP contribution is 2.53. The Morgan fingerprint density at radius 2 is 1.96 bits per heavy atom. The fourth-order valence-electron chi connectivity index (χ4n) is 4.79. The largest absolute Gasteiger partial charge is 0.435 e. The number of nitrogens with zero attached hydrogens (tertiary/aromatic N) is 3. The highest BCUT2D eigenvalue weighted by molar-refractivity contribution is 5.81. The minimum absolute atomic E-state index is 0.0481. The van der Waals surface area contributed by atoms with Crippen molar-refractivity contribution in [2.45, 2.75) is 50.9 Å². The van der Waals surface area contributed by atoms with Crippen LogP contribution in [0.25, 0.3) is 0 Å². The van der Waals surface area contributed by atoms with Gasteiger partial charge in [0.05, 0.1) is 5.60 Å². The molecule has 0 bridgehead atoms. The van der Waals surface area contributed by atoms with Gasteiger partial charge in [0, 0.05) is 37.2 Å². The molecule has 25 heavy (non-hydrogen) atoms. The summed E-state index contributed by atoms with van der Waals surface area (Å²) in [6.45, 7) is 3.74. The van der Waals surface area contributed by atoms with Gasteiger partial charge in [-0.3, -0.25) is 9.48 Å². The second-order valence-electron chi connectivity index (χ2n) is 8.49. The van der Waals surface area contributed by atoms with Gasteiger partial charge in [0.25, 0.3) is 0 Å². The van der Waals surface area contributed by atoms with E-state index in [-0.39, 0.29) is 17.2 Å². The number of alkyl halides is 3. The zero-order valence-corrected chi connectivity index (χ0v) is 14.1. The van der Waals surface area contributed by atoms with Crippen LogP contribution in [0.5, 0.6) is 0 Å². The Kier molecular flexibility index (Phi) is 3.52. The minimum atomic E-state index is -4.40. The van der Waals surface area contributed by atoms with Gasteiger partial charge >= 0.3 is 6.18 Å². The molecule has 2 aliphatic carbocycles. The van der Waals surface area contributed by atoms with Crippen molar-refractivity contribution in [3.8, 4) is 0 Å². The highest BCUT2D eigenvalue weighted by Gasteiger charge is 2.55. The molecule has 0 atom stereocenters. The smallest absolute Gasteiger partial charge is 0.390 e. The summed E-state index contributed by atoms with van der Waals surface area (Å²) in [5, 5.41) is 13.3. The topological polar surface area (TPSA) is 58.4 Å². The molecule has 3 aliphatic rings. The maximum Gasteiger partial charge on any atom is 0.435 e. The molecule has 1 aliphatic heterocycles. The average Bonchev–Trinajstić information content (AvgIpc) is 2.84. The number of halogens is 3. The van der Waals surface area contributed by atoms with E-state index in [9.17, 15) is 23.1 Å². The normalized spacial score (nSPS) is 31.4. The minimum Gasteiger partial charge on any atom is -0.390 e. The van der Waals surface area contributed by atoms with Gasteiger partial charge in [-0.25, -0.2) is 0 Å². The van der Waals surface area contributed by atoms with Crippen LogP contribution >= 0.6 is 0 Å². The average molecular weight is 357 g/mol. The fourth-order valence-corrected chi connectivity index (χ4v) is 4.79. The Hall–Kier alpha value is -1.57. The van der Waals surface area contributed by atoms with Crippen molar-refractivity contribution < 1.29 is 23.1 Å². The Morgan fingerprint density at radius 3 is 2.48 bits per heavy atom. The van der Waals surface area contributed by atoms with E-state index in [1.54, 1.807) is 6.92 Å². The van der Waals surface area contributed by atoms with Gasteiger partial charge < -0.3 is 10.0 Å². The van der Waals surface area contributed by atoms with Crippen LogP contribution in [-0.2, 0) is 17.5 Å². The summed E-state index contributed by atoms with van der Waals surface area (Å²) in [4.78, 5) is 14.2. The number of carbonyl (C=O) groups is 1. The van der Waals surface area contributed by atoms with Crippen LogP contribution < -0.4 is 0 Å². The number of rotatable bonds is 3. The lowest BCUT2D eigenvalue weighted by Crippen LogP contribution is -2.66. The monoisotopic (exact) mass is 357 g/mol. The van der Waals surface area contributed by atoms with E-state index >= 15 is 0 Å². The van der Waals surface area contributed by atoms with Gasteiger partial charge in [-0.15, -0.1) is 0 Å². The van der Waals surface area contributed by atoms with Gasteiger partial charge in [-0.1, -0.05) is 0 Å². The Morgan fingerprint density at radius 1 is 1.32 bits per heavy atom. The summed E-state index contributed by atoms with van der Waals surface area (Å²) >= 11 is 0. The fraction of sp³-hybridized carbons (Fsp3) is 0.765. The summed E-state index contributed by atoms with van der Waals surface area (Å²) in [5.74, 6) is 0.415. The molecule has 0 aromatic carbocycles. The number of carbonyl (C=O) groups excluding carboxylic acids is 1. The van der Waals surface area contributed by atoms with Crippen LogP contribution in [-0.4, -0.2) is 44.4 Å². The molecule has 4 rings (SSSR count). The first-order chi connectivity index (χ1) is 11.6. The number of aliphatic hydroxyl groups is 1. The molecular formula is C17H22F3N3O2. The molecule has 1 amide bonds. The van der Waals surface area contributed by atoms with Crippen LogP contribution in [0.4, 0.5) is 13.2 Å². The predicted octanol–water partition coefficient (Wildman–Crippen LogP) is 2.30. The quantitative estimate of drug-likeness (QED) is 0.903. The van der Waals surface area contributed by atoms with E-state index in [0.717, 1.165) is 32.0 Å². The van der Waals surface area contributed by atoms with Gasteiger partial charge in [0.15, 0.2) is 5.69 Å². The lowest BCUT2D eigenvalue weighted by atomic mass is 9.57. The molecule has 0 radical (unpaired) electrons. The van der Waals surface area contributed by atoms with Crippen molar-refractivity contribution in [2.24, 2.45) is 17.3 Å². The second-order valence-corrected chi connectivity index (χ2v) is 8.49. The molecule has 2 heterocycles. The maximum absolute atomic E-state index is 12.6. The van der Waals surface area contributed by atoms with Gasteiger partial charge in [-0.05, 0) is 44.6 Å². The van der Waals surface area contributed by atoms with E-state index in [2.05, 4.69) is 5.10 Å². The highest BCUT2D eigenvalue weighted by atomic mass is 19.4. The molecule has 1 saturated heterocycles. The molecule has 1 N–H and O–H groups in total. The molecule has 8 heteroatoms. The Balaban J connectivity index is 1.23. The standard InChI is InChI=1S/C17H22F3N3O2/c1-15(25)6-12(7-15)14(24)22-9-16(10-22)4-11(5-16)8-23-3-2-13(21-23)17(18,19)20/h2-3,11-12,25H,4-10H2,1H3/t12-,15+. The molecule has 5 nitrogen and oxygen atoms in total. The second kappa shape index (κ2) is 5.22. The summed E-state index contributed by atoms with van der Waals surface area (Å²) < 4.78 is 39.0.